The first-order valence-corrected chi connectivity index (χ1v) is 8.37. The van der Waals surface area contributed by atoms with Crippen molar-refractivity contribution in [1.29, 1.82) is 0 Å². The van der Waals surface area contributed by atoms with Gasteiger partial charge in [0.15, 0.2) is 0 Å². The van der Waals surface area contributed by atoms with Crippen LogP contribution in [0.2, 0.25) is 0 Å². The highest BCUT2D eigenvalue weighted by Crippen LogP contribution is 2.28. The molecule has 0 aliphatic heterocycles. The van der Waals surface area contributed by atoms with Crippen LogP contribution in [0.1, 0.15) is 5.56 Å². The molecule has 0 aliphatic carbocycles. The normalized spacial score (nSPS) is 11.3. The number of nitrogens with one attached hydrogen (secondary N) is 1. The average Bonchev–Trinajstić information content (AvgIpc) is 2.88. The number of anilines is 2. The maximum Gasteiger partial charge on any atom is 0.271 e. The minimum Gasteiger partial charge on any atom is -0.376 e. The van der Waals surface area contributed by atoms with E-state index < -0.39 is 10.0 Å². The molecule has 0 bridgehead atoms. The average molecular weight is 311 g/mol. The summed E-state index contributed by atoms with van der Waals surface area (Å²) in [6.07, 6.45) is 0. The van der Waals surface area contributed by atoms with Crippen LogP contribution in [0, 0.1) is 0 Å². The summed E-state index contributed by atoms with van der Waals surface area (Å²) in [5, 5.41) is 1.76. The van der Waals surface area contributed by atoms with Crippen molar-refractivity contribution in [2.24, 2.45) is 5.73 Å². The molecule has 2 aromatic rings. The van der Waals surface area contributed by atoms with Crippen molar-refractivity contribution in [1.82, 2.24) is 0 Å². The van der Waals surface area contributed by atoms with E-state index in [1.54, 1.807) is 23.6 Å². The van der Waals surface area contributed by atoms with Gasteiger partial charge in [-0.15, -0.1) is 11.3 Å². The molecule has 0 unspecified atom stereocenters. The SMILES string of the molecule is CN(C)c1ccccc1NS(=O)(=O)c1cc(CN)cs1. The van der Waals surface area contributed by atoms with Gasteiger partial charge in [-0.2, -0.15) is 0 Å². The van der Waals surface area contributed by atoms with Gasteiger partial charge in [0.05, 0.1) is 11.4 Å². The molecule has 0 atom stereocenters. The third kappa shape index (κ3) is 3.12. The molecule has 0 aliphatic rings. The summed E-state index contributed by atoms with van der Waals surface area (Å²) in [5.74, 6) is 0. The molecule has 2 rings (SSSR count). The molecule has 3 N–H and O–H groups in total. The molecule has 1 aromatic carbocycles. The fourth-order valence-electron chi connectivity index (χ4n) is 1.75. The Morgan fingerprint density at radius 1 is 1.30 bits per heavy atom. The zero-order valence-electron chi connectivity index (χ0n) is 11.3. The number of rotatable bonds is 5. The lowest BCUT2D eigenvalue weighted by Gasteiger charge is -2.17. The van der Waals surface area contributed by atoms with Gasteiger partial charge in [-0.3, -0.25) is 4.72 Å². The minimum absolute atomic E-state index is 0.270. The number of nitrogens with two attached hydrogens (primary N) is 1. The molecule has 0 amide bonds. The topological polar surface area (TPSA) is 75.4 Å². The Morgan fingerprint density at radius 2 is 2.00 bits per heavy atom. The zero-order chi connectivity index (χ0) is 14.8. The van der Waals surface area contributed by atoms with Crippen molar-refractivity contribution < 1.29 is 8.42 Å². The number of thiophene rings is 1. The van der Waals surface area contributed by atoms with Gasteiger partial charge in [0.2, 0.25) is 0 Å². The Bertz CT molecular complexity index is 693. The maximum absolute atomic E-state index is 12.3. The van der Waals surface area contributed by atoms with Gasteiger partial charge < -0.3 is 10.6 Å². The highest BCUT2D eigenvalue weighted by atomic mass is 32.2. The van der Waals surface area contributed by atoms with Gasteiger partial charge in [0.1, 0.15) is 4.21 Å². The molecule has 0 spiro atoms. The van der Waals surface area contributed by atoms with Crippen molar-refractivity contribution in [2.45, 2.75) is 10.8 Å². The minimum atomic E-state index is -3.57. The monoisotopic (exact) mass is 311 g/mol. The van der Waals surface area contributed by atoms with Crippen molar-refractivity contribution in [2.75, 3.05) is 23.7 Å². The Balaban J connectivity index is 2.33. The van der Waals surface area contributed by atoms with E-state index in [1.165, 1.54) is 11.3 Å². The second kappa shape index (κ2) is 5.82. The lowest BCUT2D eigenvalue weighted by atomic mass is 10.2. The summed E-state index contributed by atoms with van der Waals surface area (Å²) >= 11 is 1.17. The lowest BCUT2D eigenvalue weighted by molar-refractivity contribution is 0.603. The Morgan fingerprint density at radius 3 is 2.60 bits per heavy atom. The second-order valence-corrected chi connectivity index (χ2v) is 7.32. The molecular weight excluding hydrogens is 294 g/mol. The summed E-state index contributed by atoms with van der Waals surface area (Å²) in [7, 11) is 0.159. The number of sulfonamides is 1. The first-order valence-electron chi connectivity index (χ1n) is 6.00. The molecule has 1 aromatic heterocycles. The fraction of sp³-hybridized carbons (Fsp3) is 0.231. The number of para-hydroxylation sites is 2. The van der Waals surface area contributed by atoms with Gasteiger partial charge in [0, 0.05) is 20.6 Å². The highest BCUT2D eigenvalue weighted by molar-refractivity contribution is 7.94. The highest BCUT2D eigenvalue weighted by Gasteiger charge is 2.18. The van der Waals surface area contributed by atoms with Crippen LogP contribution >= 0.6 is 11.3 Å². The van der Waals surface area contributed by atoms with Crippen LogP contribution in [0.25, 0.3) is 0 Å². The van der Waals surface area contributed by atoms with E-state index in [0.717, 1.165) is 11.3 Å². The predicted molar refractivity (Wildman–Crippen MR) is 83.8 cm³/mol. The van der Waals surface area contributed by atoms with Crippen LogP contribution in [0.3, 0.4) is 0 Å². The van der Waals surface area contributed by atoms with E-state index in [4.69, 9.17) is 5.73 Å². The molecule has 5 nitrogen and oxygen atoms in total. The van der Waals surface area contributed by atoms with Gasteiger partial charge >= 0.3 is 0 Å². The molecule has 0 radical (unpaired) electrons. The summed E-state index contributed by atoms with van der Waals surface area (Å²) in [6.45, 7) is 0.334. The third-order valence-electron chi connectivity index (χ3n) is 2.76. The Labute approximate surface area is 123 Å². The van der Waals surface area contributed by atoms with Crippen LogP contribution in [0.15, 0.2) is 39.9 Å². The number of nitrogens with zero attached hydrogens (tertiary/aromatic N) is 1. The van der Waals surface area contributed by atoms with Crippen LogP contribution < -0.4 is 15.4 Å². The largest absolute Gasteiger partial charge is 0.376 e. The molecule has 7 heteroatoms. The van der Waals surface area contributed by atoms with E-state index >= 15 is 0 Å². The molecule has 108 valence electrons. The van der Waals surface area contributed by atoms with Crippen molar-refractivity contribution >= 4 is 32.7 Å². The number of hydrogen-bond donors (Lipinski definition) is 2. The molecular formula is C13H17N3O2S2. The number of hydrogen-bond acceptors (Lipinski definition) is 5. The Kier molecular flexibility index (Phi) is 4.32. The van der Waals surface area contributed by atoms with Gasteiger partial charge in [-0.05, 0) is 29.1 Å². The van der Waals surface area contributed by atoms with Crippen LogP contribution in [-0.2, 0) is 16.6 Å². The Hall–Kier alpha value is -1.57. The van der Waals surface area contributed by atoms with Gasteiger partial charge in [-0.1, -0.05) is 12.1 Å². The number of benzene rings is 1. The summed E-state index contributed by atoms with van der Waals surface area (Å²) < 4.78 is 27.6. The van der Waals surface area contributed by atoms with E-state index in [2.05, 4.69) is 4.72 Å². The van der Waals surface area contributed by atoms with Gasteiger partial charge in [-0.25, -0.2) is 8.42 Å². The predicted octanol–water partition coefficient (Wildman–Crippen LogP) is 2.07. The van der Waals surface area contributed by atoms with Gasteiger partial charge in [0.25, 0.3) is 10.0 Å². The van der Waals surface area contributed by atoms with Crippen molar-refractivity contribution in [3.8, 4) is 0 Å². The van der Waals surface area contributed by atoms with Crippen LogP contribution in [0.4, 0.5) is 11.4 Å². The first kappa shape index (κ1) is 14.8. The summed E-state index contributed by atoms with van der Waals surface area (Å²) in [4.78, 5) is 1.86. The van der Waals surface area contributed by atoms with E-state index in [9.17, 15) is 8.42 Å². The smallest absolute Gasteiger partial charge is 0.271 e. The molecule has 0 fully saturated rings. The van der Waals surface area contributed by atoms with E-state index in [-0.39, 0.29) is 4.21 Å². The first-order chi connectivity index (χ1) is 9.44. The standard InChI is InChI=1S/C13H17N3O2S2/c1-16(2)12-6-4-3-5-11(12)15-20(17,18)13-7-10(8-14)9-19-13/h3-7,9,15H,8,14H2,1-2H3. The molecule has 0 saturated heterocycles. The molecule has 20 heavy (non-hydrogen) atoms. The van der Waals surface area contributed by atoms with Crippen LogP contribution in [0.5, 0.6) is 0 Å². The van der Waals surface area contributed by atoms with E-state index in [0.29, 0.717) is 12.2 Å². The third-order valence-corrected chi connectivity index (χ3v) is 5.61. The van der Waals surface area contributed by atoms with Crippen LogP contribution in [-0.4, -0.2) is 22.5 Å². The fourth-order valence-corrected chi connectivity index (χ4v) is 4.04. The summed E-state index contributed by atoms with van der Waals surface area (Å²) in [5.41, 5.74) is 7.69. The quantitative estimate of drug-likeness (QED) is 0.886. The lowest BCUT2D eigenvalue weighted by Crippen LogP contribution is -2.16. The second-order valence-electron chi connectivity index (χ2n) is 4.50. The van der Waals surface area contributed by atoms with Crippen molar-refractivity contribution in [3.05, 3.63) is 41.3 Å². The maximum atomic E-state index is 12.3. The summed E-state index contributed by atoms with van der Waals surface area (Å²) in [6, 6.07) is 8.86. The van der Waals surface area contributed by atoms with E-state index in [1.807, 2.05) is 31.1 Å². The zero-order valence-corrected chi connectivity index (χ0v) is 13.0. The molecule has 0 saturated carbocycles. The molecule has 1 heterocycles. The van der Waals surface area contributed by atoms with Crippen molar-refractivity contribution in [3.63, 3.8) is 0 Å².